The molecule has 1 heterocycles. The van der Waals surface area contributed by atoms with Crippen molar-refractivity contribution in [3.8, 4) is 5.75 Å². The zero-order valence-corrected chi connectivity index (χ0v) is 11.7. The average Bonchev–Trinajstić information content (AvgIpc) is 2.94. The van der Waals surface area contributed by atoms with E-state index in [4.69, 9.17) is 15.2 Å². The number of rotatable bonds is 2. The van der Waals surface area contributed by atoms with Crippen LogP contribution in [0.3, 0.4) is 0 Å². The molecule has 0 radical (unpaired) electrons. The number of nitrogens with zero attached hydrogens (tertiary/aromatic N) is 1. The first-order valence-corrected chi connectivity index (χ1v) is 7.07. The van der Waals surface area contributed by atoms with Crippen LogP contribution in [0.1, 0.15) is 29.6 Å². The lowest BCUT2D eigenvalue weighted by Crippen LogP contribution is -2.51. The molecule has 5 nitrogen and oxygen atoms in total. The highest BCUT2D eigenvalue weighted by Gasteiger charge is 2.38. The number of hydrogen-bond acceptors (Lipinski definition) is 4. The molecule has 1 saturated carbocycles. The molecule has 0 bridgehead atoms. The first-order valence-electron chi connectivity index (χ1n) is 7.07. The van der Waals surface area contributed by atoms with Crippen molar-refractivity contribution in [2.75, 3.05) is 26.0 Å². The predicted octanol–water partition coefficient (Wildman–Crippen LogP) is 1.67. The van der Waals surface area contributed by atoms with Crippen LogP contribution in [0.4, 0.5) is 5.69 Å². The number of carbonyl (C=O) groups is 1. The Kier molecular flexibility index (Phi) is 3.53. The Labute approximate surface area is 118 Å². The Morgan fingerprint density at radius 3 is 3.05 bits per heavy atom. The first kappa shape index (κ1) is 13.2. The molecule has 2 fully saturated rings. The van der Waals surface area contributed by atoms with E-state index in [0.29, 0.717) is 30.2 Å². The van der Waals surface area contributed by atoms with Gasteiger partial charge in [-0.2, -0.15) is 0 Å². The lowest BCUT2D eigenvalue weighted by Gasteiger charge is -2.37. The van der Waals surface area contributed by atoms with Crippen LogP contribution in [0.2, 0.25) is 0 Å². The highest BCUT2D eigenvalue weighted by atomic mass is 16.5. The van der Waals surface area contributed by atoms with Gasteiger partial charge in [0, 0.05) is 12.1 Å². The summed E-state index contributed by atoms with van der Waals surface area (Å²) in [6, 6.07) is 5.44. The zero-order chi connectivity index (χ0) is 14.1. The number of hydrogen-bond donors (Lipinski definition) is 1. The maximum atomic E-state index is 12.7. The Hall–Kier alpha value is -1.75. The van der Waals surface area contributed by atoms with Crippen molar-refractivity contribution in [3.63, 3.8) is 0 Å². The minimum Gasteiger partial charge on any atom is -0.495 e. The fourth-order valence-electron chi connectivity index (χ4n) is 3.21. The molecule has 2 aliphatic rings. The number of ether oxygens (including phenoxy) is 2. The van der Waals surface area contributed by atoms with Crippen molar-refractivity contribution in [1.29, 1.82) is 0 Å². The van der Waals surface area contributed by atoms with Crippen LogP contribution >= 0.6 is 0 Å². The van der Waals surface area contributed by atoms with Crippen LogP contribution < -0.4 is 10.5 Å². The van der Waals surface area contributed by atoms with Gasteiger partial charge in [0.25, 0.3) is 5.91 Å². The van der Waals surface area contributed by atoms with E-state index in [1.807, 2.05) is 4.90 Å². The second kappa shape index (κ2) is 5.32. The summed E-state index contributed by atoms with van der Waals surface area (Å²) < 4.78 is 10.9. The van der Waals surface area contributed by atoms with Crippen LogP contribution in [0, 0.1) is 0 Å². The quantitative estimate of drug-likeness (QED) is 0.835. The van der Waals surface area contributed by atoms with E-state index < -0.39 is 0 Å². The molecule has 108 valence electrons. The van der Waals surface area contributed by atoms with Crippen molar-refractivity contribution in [2.24, 2.45) is 0 Å². The Bertz CT molecular complexity index is 518. The summed E-state index contributed by atoms with van der Waals surface area (Å²) in [7, 11) is 1.57. The van der Waals surface area contributed by atoms with Gasteiger partial charge in [0.2, 0.25) is 0 Å². The fourth-order valence-corrected chi connectivity index (χ4v) is 3.21. The highest BCUT2D eigenvalue weighted by Crippen LogP contribution is 2.31. The van der Waals surface area contributed by atoms with Gasteiger partial charge in [-0.25, -0.2) is 0 Å². The SMILES string of the molecule is COc1ccc(C(=O)N2CCOC3CCCC32)cc1N. The first-order chi connectivity index (χ1) is 9.70. The maximum Gasteiger partial charge on any atom is 0.254 e. The Morgan fingerprint density at radius 1 is 1.45 bits per heavy atom. The number of morpholine rings is 1. The molecule has 0 spiro atoms. The largest absolute Gasteiger partial charge is 0.495 e. The van der Waals surface area contributed by atoms with E-state index >= 15 is 0 Å². The van der Waals surface area contributed by atoms with Gasteiger partial charge in [0.05, 0.1) is 31.5 Å². The molecule has 2 N–H and O–H groups in total. The molecular formula is C15H20N2O3. The molecule has 3 rings (SSSR count). The van der Waals surface area contributed by atoms with Gasteiger partial charge in [0.15, 0.2) is 0 Å². The summed E-state index contributed by atoms with van der Waals surface area (Å²) in [6.45, 7) is 1.28. The van der Waals surface area contributed by atoms with Gasteiger partial charge in [-0.1, -0.05) is 0 Å². The van der Waals surface area contributed by atoms with Gasteiger partial charge in [0.1, 0.15) is 5.75 Å². The second-order valence-electron chi connectivity index (χ2n) is 5.36. The van der Waals surface area contributed by atoms with Crippen LogP contribution in [-0.4, -0.2) is 43.2 Å². The Morgan fingerprint density at radius 2 is 2.30 bits per heavy atom. The van der Waals surface area contributed by atoms with E-state index in [0.717, 1.165) is 19.3 Å². The average molecular weight is 276 g/mol. The maximum absolute atomic E-state index is 12.7. The van der Waals surface area contributed by atoms with Gasteiger partial charge in [-0.15, -0.1) is 0 Å². The highest BCUT2D eigenvalue weighted by molar-refractivity contribution is 5.95. The Balaban J connectivity index is 1.82. The topological polar surface area (TPSA) is 64.8 Å². The minimum atomic E-state index is 0.0413. The number of nitrogen functional groups attached to an aromatic ring is 1. The van der Waals surface area contributed by atoms with Crippen molar-refractivity contribution in [2.45, 2.75) is 31.4 Å². The van der Waals surface area contributed by atoms with Crippen molar-refractivity contribution in [3.05, 3.63) is 23.8 Å². The number of amides is 1. The molecule has 1 aromatic carbocycles. The van der Waals surface area contributed by atoms with Gasteiger partial charge < -0.3 is 20.1 Å². The van der Waals surface area contributed by atoms with Gasteiger partial charge in [-0.05, 0) is 37.5 Å². The zero-order valence-electron chi connectivity index (χ0n) is 11.7. The smallest absolute Gasteiger partial charge is 0.254 e. The van der Waals surface area contributed by atoms with Gasteiger partial charge in [-0.3, -0.25) is 4.79 Å². The number of benzene rings is 1. The summed E-state index contributed by atoms with van der Waals surface area (Å²) in [5.74, 6) is 0.641. The molecule has 2 unspecified atom stereocenters. The third-order valence-corrected chi connectivity index (χ3v) is 4.22. The van der Waals surface area contributed by atoms with E-state index in [-0.39, 0.29) is 18.1 Å². The number of nitrogens with two attached hydrogens (primary N) is 1. The normalized spacial score (nSPS) is 25.4. The number of fused-ring (bicyclic) bond motifs is 1. The number of carbonyl (C=O) groups excluding carboxylic acids is 1. The lowest BCUT2D eigenvalue weighted by atomic mass is 10.1. The summed E-state index contributed by atoms with van der Waals surface area (Å²) >= 11 is 0. The second-order valence-corrected chi connectivity index (χ2v) is 5.36. The lowest BCUT2D eigenvalue weighted by molar-refractivity contribution is -0.0445. The third kappa shape index (κ3) is 2.22. The molecule has 2 atom stereocenters. The summed E-state index contributed by atoms with van der Waals surface area (Å²) in [6.07, 6.45) is 3.42. The molecule has 1 aliphatic carbocycles. The molecule has 5 heteroatoms. The molecule has 1 aromatic rings. The van der Waals surface area contributed by atoms with E-state index in [9.17, 15) is 4.79 Å². The van der Waals surface area contributed by atoms with Crippen LogP contribution in [0.25, 0.3) is 0 Å². The molecule has 0 aromatic heterocycles. The fraction of sp³-hybridized carbons (Fsp3) is 0.533. The summed E-state index contributed by atoms with van der Waals surface area (Å²) in [5.41, 5.74) is 7.00. The molecule has 1 amide bonds. The number of methoxy groups -OCH3 is 1. The van der Waals surface area contributed by atoms with Crippen molar-refractivity contribution >= 4 is 11.6 Å². The van der Waals surface area contributed by atoms with Crippen molar-refractivity contribution in [1.82, 2.24) is 4.90 Å². The number of anilines is 1. The van der Waals surface area contributed by atoms with Gasteiger partial charge >= 0.3 is 0 Å². The van der Waals surface area contributed by atoms with E-state index in [2.05, 4.69) is 0 Å². The van der Waals surface area contributed by atoms with Crippen molar-refractivity contribution < 1.29 is 14.3 Å². The molecule has 1 aliphatic heterocycles. The summed E-state index contributed by atoms with van der Waals surface area (Å²) in [5, 5.41) is 0. The van der Waals surface area contributed by atoms with Crippen LogP contribution in [-0.2, 0) is 4.74 Å². The standard InChI is InChI=1S/C15H20N2O3/c1-19-13-6-5-10(9-11(13)16)15(18)17-7-8-20-14-4-2-3-12(14)17/h5-6,9,12,14H,2-4,7-8,16H2,1H3. The molecular weight excluding hydrogens is 256 g/mol. The minimum absolute atomic E-state index is 0.0413. The summed E-state index contributed by atoms with van der Waals surface area (Å²) in [4.78, 5) is 14.6. The monoisotopic (exact) mass is 276 g/mol. The van der Waals surface area contributed by atoms with Crippen LogP contribution in [0.15, 0.2) is 18.2 Å². The van der Waals surface area contributed by atoms with Crippen LogP contribution in [0.5, 0.6) is 5.75 Å². The third-order valence-electron chi connectivity index (χ3n) is 4.22. The predicted molar refractivity (Wildman–Crippen MR) is 75.8 cm³/mol. The molecule has 1 saturated heterocycles. The molecule has 20 heavy (non-hydrogen) atoms. The van der Waals surface area contributed by atoms with E-state index in [1.54, 1.807) is 25.3 Å². The van der Waals surface area contributed by atoms with E-state index in [1.165, 1.54) is 0 Å².